The summed E-state index contributed by atoms with van der Waals surface area (Å²) in [6.07, 6.45) is 0. The fourth-order valence-corrected chi connectivity index (χ4v) is 2.72. The van der Waals surface area contributed by atoms with Crippen LogP contribution in [0.1, 0.15) is 20.6 Å². The topological polar surface area (TPSA) is 85.6 Å². The van der Waals surface area contributed by atoms with E-state index < -0.39 is 5.91 Å². The predicted molar refractivity (Wildman–Crippen MR) is 83.1 cm³/mol. The molecule has 0 fully saturated rings. The molecule has 118 valence electrons. The Balaban J connectivity index is 1.69. The number of aryl methyl sites for hydroxylation is 1. The Bertz CT molecular complexity index is 847. The number of nitrogens with zero attached hydrogens (tertiary/aromatic N) is 5. The molecular formula is C13H10ClFN6OS. The van der Waals surface area contributed by atoms with E-state index in [4.69, 9.17) is 11.6 Å². The van der Waals surface area contributed by atoms with E-state index in [9.17, 15) is 9.18 Å². The van der Waals surface area contributed by atoms with E-state index in [0.29, 0.717) is 23.1 Å². The molecule has 2 aromatic heterocycles. The van der Waals surface area contributed by atoms with Crippen molar-refractivity contribution in [3.05, 3.63) is 51.2 Å². The number of anilines is 1. The molecule has 3 rings (SSSR count). The summed E-state index contributed by atoms with van der Waals surface area (Å²) in [4.78, 5) is 16.1. The lowest BCUT2D eigenvalue weighted by molar-refractivity contribution is 0.102. The molecular weight excluding hydrogens is 343 g/mol. The normalized spacial score (nSPS) is 10.7. The quantitative estimate of drug-likeness (QED) is 0.779. The molecule has 0 bridgehead atoms. The van der Waals surface area contributed by atoms with Crippen LogP contribution in [0.3, 0.4) is 0 Å². The maximum Gasteiger partial charge on any atom is 0.286 e. The molecule has 7 nitrogen and oxygen atoms in total. The van der Waals surface area contributed by atoms with Gasteiger partial charge >= 0.3 is 0 Å². The molecule has 1 aromatic carbocycles. The van der Waals surface area contributed by atoms with Gasteiger partial charge in [-0.15, -0.1) is 15.3 Å². The number of hydrogen-bond donors (Lipinski definition) is 1. The molecule has 0 aliphatic rings. The Labute approximate surface area is 139 Å². The summed E-state index contributed by atoms with van der Waals surface area (Å²) in [6.45, 7) is 2.09. The fourth-order valence-electron chi connectivity index (χ4n) is 1.79. The number of carbonyl (C=O) groups is 1. The van der Waals surface area contributed by atoms with E-state index >= 15 is 0 Å². The largest absolute Gasteiger partial charge is 0.320 e. The molecule has 0 saturated carbocycles. The first-order chi connectivity index (χ1) is 11.0. The number of benzene rings is 1. The Morgan fingerprint density at radius 2 is 2.09 bits per heavy atom. The second-order valence-corrected chi connectivity index (χ2v) is 5.95. The van der Waals surface area contributed by atoms with Crippen molar-refractivity contribution in [1.29, 1.82) is 0 Å². The van der Waals surface area contributed by atoms with E-state index in [1.165, 1.54) is 24.3 Å². The third-order valence-electron chi connectivity index (χ3n) is 2.88. The Kier molecular flexibility index (Phi) is 4.30. The number of hydrogen-bond acceptors (Lipinski definition) is 6. The highest BCUT2D eigenvalue weighted by Crippen LogP contribution is 2.15. The van der Waals surface area contributed by atoms with Gasteiger partial charge in [-0.2, -0.15) is 0 Å². The van der Waals surface area contributed by atoms with E-state index in [2.05, 4.69) is 25.6 Å². The van der Waals surface area contributed by atoms with Gasteiger partial charge in [0.1, 0.15) is 16.6 Å². The van der Waals surface area contributed by atoms with E-state index in [-0.39, 0.29) is 16.1 Å². The highest BCUT2D eigenvalue weighted by atomic mass is 35.5. The summed E-state index contributed by atoms with van der Waals surface area (Å²) in [5, 5.41) is 15.4. The Morgan fingerprint density at radius 3 is 2.74 bits per heavy atom. The average molecular weight is 353 g/mol. The van der Waals surface area contributed by atoms with E-state index in [1.54, 1.807) is 11.6 Å². The summed E-state index contributed by atoms with van der Waals surface area (Å²) in [5.74, 6) is -0.140. The maximum atomic E-state index is 12.8. The number of rotatable bonds is 4. The molecule has 3 aromatic rings. The summed E-state index contributed by atoms with van der Waals surface area (Å²) >= 11 is 6.86. The minimum Gasteiger partial charge on any atom is -0.320 e. The molecule has 0 aliphatic carbocycles. The molecule has 10 heteroatoms. The monoisotopic (exact) mass is 352 g/mol. The summed E-state index contributed by atoms with van der Waals surface area (Å²) in [7, 11) is 0. The minimum absolute atomic E-state index is 0.154. The van der Waals surface area contributed by atoms with Crippen molar-refractivity contribution in [3.63, 3.8) is 0 Å². The highest BCUT2D eigenvalue weighted by Gasteiger charge is 2.14. The number of halogens is 2. The van der Waals surface area contributed by atoms with Crippen molar-refractivity contribution in [1.82, 2.24) is 25.0 Å². The first-order valence-corrected chi connectivity index (χ1v) is 7.67. The standard InChI is InChI=1S/C13H10ClFN6OS/c1-7-16-13(14)20-21(7)6-10-18-19-12(23-10)11(22)17-9-4-2-8(15)3-5-9/h2-5H,6H2,1H3,(H,17,22). The number of amides is 1. The minimum atomic E-state index is -0.409. The zero-order valence-electron chi connectivity index (χ0n) is 11.8. The number of nitrogens with one attached hydrogen (secondary N) is 1. The fraction of sp³-hybridized carbons (Fsp3) is 0.154. The van der Waals surface area contributed by atoms with Gasteiger partial charge in [0, 0.05) is 5.69 Å². The number of carbonyl (C=O) groups excluding carboxylic acids is 1. The highest BCUT2D eigenvalue weighted by molar-refractivity contribution is 7.13. The van der Waals surface area contributed by atoms with Gasteiger partial charge < -0.3 is 5.32 Å². The Hall–Kier alpha value is -2.39. The lowest BCUT2D eigenvalue weighted by Crippen LogP contribution is -2.11. The van der Waals surface area contributed by atoms with Gasteiger partial charge in [0.2, 0.25) is 10.3 Å². The van der Waals surface area contributed by atoms with Crippen LogP contribution in [0.2, 0.25) is 5.28 Å². The average Bonchev–Trinajstić information content (AvgIpc) is 3.09. The van der Waals surface area contributed by atoms with Gasteiger partial charge in [-0.3, -0.25) is 4.79 Å². The van der Waals surface area contributed by atoms with Gasteiger partial charge in [-0.1, -0.05) is 11.3 Å². The predicted octanol–water partition coefficient (Wildman–Crippen LogP) is 2.53. The third-order valence-corrected chi connectivity index (χ3v) is 3.95. The van der Waals surface area contributed by atoms with E-state index in [1.807, 2.05) is 0 Å². The Morgan fingerprint density at radius 1 is 1.35 bits per heavy atom. The summed E-state index contributed by atoms with van der Waals surface area (Å²) in [6, 6.07) is 5.46. The van der Waals surface area contributed by atoms with Gasteiger partial charge in [0.15, 0.2) is 0 Å². The van der Waals surface area contributed by atoms with Crippen molar-refractivity contribution in [3.8, 4) is 0 Å². The third kappa shape index (κ3) is 3.69. The molecule has 0 spiro atoms. The molecule has 0 aliphatic heterocycles. The lowest BCUT2D eigenvalue weighted by Gasteiger charge is -2.01. The van der Waals surface area contributed by atoms with Crippen molar-refractivity contribution in [2.24, 2.45) is 0 Å². The maximum absolute atomic E-state index is 12.8. The summed E-state index contributed by atoms with van der Waals surface area (Å²) < 4.78 is 14.4. The first kappa shape index (κ1) is 15.5. The van der Waals surface area contributed by atoms with Crippen LogP contribution in [-0.2, 0) is 6.54 Å². The second-order valence-electron chi connectivity index (χ2n) is 4.55. The zero-order chi connectivity index (χ0) is 16.4. The van der Waals surface area contributed by atoms with Crippen LogP contribution in [-0.4, -0.2) is 30.9 Å². The van der Waals surface area contributed by atoms with Crippen molar-refractivity contribution in [2.75, 3.05) is 5.32 Å². The van der Waals surface area contributed by atoms with Crippen LogP contribution in [0, 0.1) is 12.7 Å². The van der Waals surface area contributed by atoms with Gasteiger partial charge in [-0.25, -0.2) is 14.1 Å². The smallest absolute Gasteiger partial charge is 0.286 e. The molecule has 1 N–H and O–H groups in total. The molecule has 23 heavy (non-hydrogen) atoms. The molecule has 0 atom stereocenters. The van der Waals surface area contributed by atoms with Crippen LogP contribution in [0.5, 0.6) is 0 Å². The van der Waals surface area contributed by atoms with Crippen LogP contribution in [0.4, 0.5) is 10.1 Å². The molecule has 1 amide bonds. The zero-order valence-corrected chi connectivity index (χ0v) is 13.4. The van der Waals surface area contributed by atoms with Crippen LogP contribution < -0.4 is 5.32 Å². The SMILES string of the molecule is Cc1nc(Cl)nn1Cc1nnc(C(=O)Nc2ccc(F)cc2)s1. The molecule has 0 saturated heterocycles. The van der Waals surface area contributed by atoms with Crippen molar-refractivity contribution < 1.29 is 9.18 Å². The second kappa shape index (κ2) is 6.39. The molecule has 0 radical (unpaired) electrons. The van der Waals surface area contributed by atoms with Crippen LogP contribution in [0.25, 0.3) is 0 Å². The first-order valence-electron chi connectivity index (χ1n) is 6.47. The van der Waals surface area contributed by atoms with Crippen LogP contribution >= 0.6 is 22.9 Å². The van der Waals surface area contributed by atoms with Crippen LogP contribution in [0.15, 0.2) is 24.3 Å². The molecule has 0 unspecified atom stereocenters. The molecule has 2 heterocycles. The van der Waals surface area contributed by atoms with Crippen molar-refractivity contribution >= 4 is 34.5 Å². The van der Waals surface area contributed by atoms with Gasteiger partial charge in [0.25, 0.3) is 5.91 Å². The van der Waals surface area contributed by atoms with E-state index in [0.717, 1.165) is 11.3 Å². The van der Waals surface area contributed by atoms with Crippen molar-refractivity contribution in [2.45, 2.75) is 13.5 Å². The summed E-state index contributed by atoms with van der Waals surface area (Å²) in [5.41, 5.74) is 0.479. The number of aromatic nitrogens is 5. The van der Waals surface area contributed by atoms with Gasteiger partial charge in [0.05, 0.1) is 6.54 Å². The van der Waals surface area contributed by atoms with Gasteiger partial charge in [-0.05, 0) is 42.8 Å². The lowest BCUT2D eigenvalue weighted by atomic mass is 10.3.